The van der Waals surface area contributed by atoms with E-state index < -0.39 is 22.0 Å². The summed E-state index contributed by atoms with van der Waals surface area (Å²) >= 11 is 0. The molecule has 27 heavy (non-hydrogen) atoms. The molecule has 0 aromatic heterocycles. The summed E-state index contributed by atoms with van der Waals surface area (Å²) in [7, 11) is -2.73. The molecular formula is C19H28N2O5S. The van der Waals surface area contributed by atoms with Crippen LogP contribution in [0, 0.1) is 5.92 Å². The summed E-state index contributed by atoms with van der Waals surface area (Å²) in [5, 5.41) is 2.98. The highest BCUT2D eigenvalue weighted by molar-refractivity contribution is 7.89. The van der Waals surface area contributed by atoms with Crippen molar-refractivity contribution < 1.29 is 22.7 Å². The average Bonchev–Trinajstić information content (AvgIpc) is 2.85. The van der Waals surface area contributed by atoms with Gasteiger partial charge in [0.05, 0.1) is 18.6 Å². The molecular weight excluding hydrogens is 368 g/mol. The Labute approximate surface area is 161 Å². The summed E-state index contributed by atoms with van der Waals surface area (Å²) in [6.45, 7) is 4.62. The lowest BCUT2D eigenvalue weighted by Gasteiger charge is -2.29. The van der Waals surface area contributed by atoms with E-state index in [9.17, 15) is 18.0 Å². The smallest absolute Gasteiger partial charge is 0.267 e. The van der Waals surface area contributed by atoms with E-state index in [-0.39, 0.29) is 29.6 Å². The van der Waals surface area contributed by atoms with Gasteiger partial charge in [-0.2, -0.15) is 0 Å². The normalized spacial score (nSPS) is 18.2. The number of ketones is 1. The highest BCUT2D eigenvalue weighted by atomic mass is 32.2. The summed E-state index contributed by atoms with van der Waals surface area (Å²) in [6, 6.07) is 5.00. The summed E-state index contributed by atoms with van der Waals surface area (Å²) in [6.07, 6.45) is 1.58. The molecule has 0 spiro atoms. The lowest BCUT2D eigenvalue weighted by atomic mass is 10.1. The van der Waals surface area contributed by atoms with Crippen LogP contribution in [0.2, 0.25) is 0 Å². The zero-order chi connectivity index (χ0) is 20.0. The number of nitrogens with zero attached hydrogens (tertiary/aromatic N) is 1. The van der Waals surface area contributed by atoms with Crippen LogP contribution in [0.1, 0.15) is 39.5 Å². The maximum absolute atomic E-state index is 13.3. The van der Waals surface area contributed by atoms with E-state index in [1.807, 2.05) is 13.8 Å². The Morgan fingerprint density at radius 3 is 2.78 bits per heavy atom. The van der Waals surface area contributed by atoms with Gasteiger partial charge in [0.15, 0.2) is 5.78 Å². The molecule has 1 N–H and O–H groups in total. The fourth-order valence-electron chi connectivity index (χ4n) is 3.03. The predicted molar refractivity (Wildman–Crippen MR) is 102 cm³/mol. The molecule has 7 nitrogen and oxygen atoms in total. The van der Waals surface area contributed by atoms with E-state index in [4.69, 9.17) is 4.74 Å². The number of carbonyl (C=O) groups is 2. The predicted octanol–water partition coefficient (Wildman–Crippen LogP) is 1.97. The molecule has 0 saturated carbocycles. The fraction of sp³-hybridized carbons (Fsp3) is 0.579. The van der Waals surface area contributed by atoms with Crippen molar-refractivity contribution in [1.82, 2.24) is 9.62 Å². The Kier molecular flexibility index (Phi) is 7.38. The Bertz CT molecular complexity index is 776. The monoisotopic (exact) mass is 396 g/mol. The third kappa shape index (κ3) is 5.29. The van der Waals surface area contributed by atoms with Crippen molar-refractivity contribution in [2.75, 3.05) is 20.2 Å². The van der Waals surface area contributed by atoms with Crippen LogP contribution >= 0.6 is 0 Å². The first-order valence-electron chi connectivity index (χ1n) is 9.22. The van der Waals surface area contributed by atoms with E-state index in [1.54, 1.807) is 12.1 Å². The van der Waals surface area contributed by atoms with E-state index >= 15 is 0 Å². The van der Waals surface area contributed by atoms with Crippen LogP contribution in [-0.4, -0.2) is 50.7 Å². The Morgan fingerprint density at radius 2 is 2.11 bits per heavy atom. The number of hydrogen-bond acceptors (Lipinski definition) is 6. The standard InChI is InChI=1S/C19H28N2O5S/c1-14(2)9-10-19(23)21(17-8-5-11-20-13-18(17)22)27(24,25)16-7-4-6-15(12-16)26-3/h4,6-7,12,14,17,20H,5,8-11,13H2,1-3H3/t17-/m0/s1. The van der Waals surface area contributed by atoms with Crippen LogP contribution < -0.4 is 10.1 Å². The summed E-state index contributed by atoms with van der Waals surface area (Å²) in [4.78, 5) is 25.4. The number of sulfonamides is 1. The minimum absolute atomic E-state index is 0.0512. The maximum atomic E-state index is 13.3. The zero-order valence-corrected chi connectivity index (χ0v) is 16.9. The summed E-state index contributed by atoms with van der Waals surface area (Å²) in [5.74, 6) is -0.190. The van der Waals surface area contributed by atoms with Crippen LogP contribution in [0.3, 0.4) is 0 Å². The van der Waals surface area contributed by atoms with Crippen molar-refractivity contribution in [1.29, 1.82) is 0 Å². The number of methoxy groups -OCH3 is 1. The number of carbonyl (C=O) groups excluding carboxylic acids is 2. The van der Waals surface area contributed by atoms with Gasteiger partial charge in [0.2, 0.25) is 5.91 Å². The third-order valence-corrected chi connectivity index (χ3v) is 6.39. The molecule has 0 unspecified atom stereocenters. The van der Waals surface area contributed by atoms with Gasteiger partial charge >= 0.3 is 0 Å². The second-order valence-electron chi connectivity index (χ2n) is 7.11. The Hall–Kier alpha value is -1.93. The first kappa shape index (κ1) is 21.4. The largest absolute Gasteiger partial charge is 0.497 e. The number of nitrogens with one attached hydrogen (secondary N) is 1. The maximum Gasteiger partial charge on any atom is 0.267 e. The number of amides is 1. The molecule has 0 radical (unpaired) electrons. The lowest BCUT2D eigenvalue weighted by Crippen LogP contribution is -2.49. The van der Waals surface area contributed by atoms with Crippen LogP contribution in [-0.2, 0) is 19.6 Å². The molecule has 1 aromatic carbocycles. The van der Waals surface area contributed by atoms with E-state index in [0.29, 0.717) is 31.6 Å². The zero-order valence-electron chi connectivity index (χ0n) is 16.1. The number of Topliss-reactive ketones (excluding diaryl/α,β-unsaturated/α-hetero) is 1. The van der Waals surface area contributed by atoms with Crippen molar-refractivity contribution in [3.05, 3.63) is 24.3 Å². The lowest BCUT2D eigenvalue weighted by molar-refractivity contribution is -0.133. The SMILES string of the molecule is COc1cccc(S(=O)(=O)N(C(=O)CCC(C)C)[C@H]2CCCNCC2=O)c1. The first-order chi connectivity index (χ1) is 12.8. The molecule has 2 rings (SSSR count). The average molecular weight is 397 g/mol. The minimum atomic E-state index is -4.17. The number of ether oxygens (including phenoxy) is 1. The van der Waals surface area contributed by atoms with Crippen LogP contribution in [0.5, 0.6) is 5.75 Å². The third-order valence-electron chi connectivity index (χ3n) is 4.56. The molecule has 8 heteroatoms. The van der Waals surface area contributed by atoms with Gasteiger partial charge in [0, 0.05) is 12.5 Å². The van der Waals surface area contributed by atoms with Crippen molar-refractivity contribution in [2.45, 2.75) is 50.5 Å². The van der Waals surface area contributed by atoms with Crippen molar-refractivity contribution in [2.24, 2.45) is 5.92 Å². The molecule has 0 aliphatic carbocycles. The van der Waals surface area contributed by atoms with Crippen molar-refractivity contribution in [3.8, 4) is 5.75 Å². The van der Waals surface area contributed by atoms with Crippen LogP contribution in [0.4, 0.5) is 0 Å². The van der Waals surface area contributed by atoms with Gasteiger partial charge < -0.3 is 10.1 Å². The number of hydrogen-bond donors (Lipinski definition) is 1. The number of rotatable bonds is 7. The molecule has 1 fully saturated rings. The Balaban J connectivity index is 2.46. The van der Waals surface area contributed by atoms with Crippen LogP contribution in [0.25, 0.3) is 0 Å². The summed E-state index contributed by atoms with van der Waals surface area (Å²) < 4.78 is 32.6. The second-order valence-corrected chi connectivity index (χ2v) is 8.92. The second kappa shape index (κ2) is 9.32. The van der Waals surface area contributed by atoms with Crippen molar-refractivity contribution >= 4 is 21.7 Å². The van der Waals surface area contributed by atoms with Gasteiger partial charge in [-0.05, 0) is 43.9 Å². The quantitative estimate of drug-likeness (QED) is 0.757. The summed E-state index contributed by atoms with van der Waals surface area (Å²) in [5.41, 5.74) is 0. The highest BCUT2D eigenvalue weighted by Gasteiger charge is 2.39. The molecule has 1 aromatic rings. The van der Waals surface area contributed by atoms with E-state index in [2.05, 4.69) is 5.32 Å². The van der Waals surface area contributed by atoms with E-state index in [1.165, 1.54) is 19.2 Å². The Morgan fingerprint density at radius 1 is 1.37 bits per heavy atom. The molecule has 1 atom stereocenters. The molecule has 1 aliphatic rings. The van der Waals surface area contributed by atoms with Gasteiger partial charge in [0.1, 0.15) is 11.8 Å². The molecule has 1 saturated heterocycles. The molecule has 150 valence electrons. The van der Waals surface area contributed by atoms with E-state index in [0.717, 1.165) is 4.31 Å². The van der Waals surface area contributed by atoms with Gasteiger partial charge in [-0.3, -0.25) is 9.59 Å². The molecule has 1 aliphatic heterocycles. The number of benzene rings is 1. The van der Waals surface area contributed by atoms with Gasteiger partial charge in [-0.1, -0.05) is 19.9 Å². The molecule has 1 heterocycles. The highest BCUT2D eigenvalue weighted by Crippen LogP contribution is 2.26. The van der Waals surface area contributed by atoms with Gasteiger partial charge in [-0.15, -0.1) is 0 Å². The minimum Gasteiger partial charge on any atom is -0.497 e. The van der Waals surface area contributed by atoms with Crippen LogP contribution in [0.15, 0.2) is 29.2 Å². The fourth-order valence-corrected chi connectivity index (χ4v) is 4.69. The molecule has 0 bridgehead atoms. The van der Waals surface area contributed by atoms with Gasteiger partial charge in [-0.25, -0.2) is 12.7 Å². The first-order valence-corrected chi connectivity index (χ1v) is 10.7. The topological polar surface area (TPSA) is 92.8 Å². The molecule has 1 amide bonds. The van der Waals surface area contributed by atoms with Gasteiger partial charge in [0.25, 0.3) is 10.0 Å². The van der Waals surface area contributed by atoms with Crippen molar-refractivity contribution in [3.63, 3.8) is 0 Å².